The van der Waals surface area contributed by atoms with Crippen LogP contribution in [0.25, 0.3) is 0 Å². The van der Waals surface area contributed by atoms with Crippen LogP contribution in [0, 0.1) is 11.3 Å². The standard InChI is InChI=1S/C12H20N2O2.C11H18N2O2/c15-11-13-9-7-5-3-1-2-4-6-8-10-14-12-16;1-10(4-5-12-8-14)6-11(2,3)7-13-9-15/h1-10H2;10H,4-7H2,1-3H3. The molecule has 0 fully saturated rings. The Labute approximate surface area is 186 Å². The van der Waals surface area contributed by atoms with E-state index < -0.39 is 0 Å². The number of aliphatic imine (C=N–C) groups is 4. The van der Waals surface area contributed by atoms with Crippen LogP contribution in [0.5, 0.6) is 0 Å². The van der Waals surface area contributed by atoms with Crippen molar-refractivity contribution in [2.75, 3.05) is 26.2 Å². The average Bonchev–Trinajstić information content (AvgIpc) is 2.73. The van der Waals surface area contributed by atoms with E-state index in [9.17, 15) is 19.2 Å². The molecule has 0 aromatic heterocycles. The molecule has 0 N–H and O–H groups in total. The number of hydrogen-bond donors (Lipinski definition) is 0. The molecule has 0 saturated carbocycles. The highest BCUT2D eigenvalue weighted by atomic mass is 16.1. The van der Waals surface area contributed by atoms with Crippen molar-refractivity contribution >= 4 is 24.3 Å². The number of rotatable bonds is 18. The van der Waals surface area contributed by atoms with Crippen LogP contribution in [0.15, 0.2) is 20.0 Å². The van der Waals surface area contributed by atoms with Crippen LogP contribution in [0.3, 0.4) is 0 Å². The van der Waals surface area contributed by atoms with Gasteiger partial charge in [0, 0.05) is 0 Å². The summed E-state index contributed by atoms with van der Waals surface area (Å²) in [5.74, 6) is 0.457. The number of carbonyl (C=O) groups excluding carboxylic acids is 4. The fourth-order valence-electron chi connectivity index (χ4n) is 3.22. The van der Waals surface area contributed by atoms with Gasteiger partial charge in [0.15, 0.2) is 0 Å². The molecule has 174 valence electrons. The summed E-state index contributed by atoms with van der Waals surface area (Å²) in [6, 6.07) is 0. The van der Waals surface area contributed by atoms with E-state index in [0.29, 0.717) is 32.1 Å². The van der Waals surface area contributed by atoms with Gasteiger partial charge >= 0.3 is 0 Å². The minimum Gasteiger partial charge on any atom is -0.211 e. The maximum absolute atomic E-state index is 10.00. The van der Waals surface area contributed by atoms with Gasteiger partial charge in [-0.25, -0.2) is 39.1 Å². The van der Waals surface area contributed by atoms with Crippen LogP contribution in [0.1, 0.15) is 85.0 Å². The number of isocyanates is 4. The molecule has 8 nitrogen and oxygen atoms in total. The van der Waals surface area contributed by atoms with Crippen LogP contribution in [-0.4, -0.2) is 50.5 Å². The quantitative estimate of drug-likeness (QED) is 0.173. The van der Waals surface area contributed by atoms with Gasteiger partial charge in [-0.2, -0.15) is 0 Å². The van der Waals surface area contributed by atoms with Crippen LogP contribution < -0.4 is 0 Å². The highest BCUT2D eigenvalue weighted by Gasteiger charge is 2.20. The molecule has 0 aliphatic carbocycles. The Morgan fingerprint density at radius 1 is 0.613 bits per heavy atom. The molecule has 0 spiro atoms. The molecule has 8 heteroatoms. The lowest BCUT2D eigenvalue weighted by atomic mass is 9.82. The Balaban J connectivity index is 0. The van der Waals surface area contributed by atoms with E-state index in [2.05, 4.69) is 40.7 Å². The highest BCUT2D eigenvalue weighted by Crippen LogP contribution is 2.27. The van der Waals surface area contributed by atoms with Crippen LogP contribution in [-0.2, 0) is 19.2 Å². The first-order chi connectivity index (χ1) is 14.9. The van der Waals surface area contributed by atoms with Crippen molar-refractivity contribution in [2.45, 2.75) is 85.0 Å². The van der Waals surface area contributed by atoms with Crippen molar-refractivity contribution in [3.63, 3.8) is 0 Å². The largest absolute Gasteiger partial charge is 0.234 e. The fraction of sp³-hybridized carbons (Fsp3) is 0.826. The van der Waals surface area contributed by atoms with E-state index in [1.165, 1.54) is 31.8 Å². The van der Waals surface area contributed by atoms with Gasteiger partial charge in [0.1, 0.15) is 0 Å². The second-order valence-corrected chi connectivity index (χ2v) is 8.42. The Morgan fingerprint density at radius 3 is 1.42 bits per heavy atom. The van der Waals surface area contributed by atoms with Crippen molar-refractivity contribution in [3.8, 4) is 0 Å². The molecule has 0 bridgehead atoms. The van der Waals surface area contributed by atoms with Crippen molar-refractivity contribution in [1.82, 2.24) is 0 Å². The first kappa shape index (κ1) is 30.7. The Morgan fingerprint density at radius 2 is 1.00 bits per heavy atom. The summed E-state index contributed by atoms with van der Waals surface area (Å²) >= 11 is 0. The van der Waals surface area contributed by atoms with Gasteiger partial charge in [-0.05, 0) is 37.0 Å². The lowest BCUT2D eigenvalue weighted by Crippen LogP contribution is -2.19. The molecule has 0 aromatic rings. The normalized spacial score (nSPS) is 10.8. The lowest BCUT2D eigenvalue weighted by Gasteiger charge is -2.25. The minimum atomic E-state index is 0.00171. The zero-order valence-corrected chi connectivity index (χ0v) is 19.4. The second-order valence-electron chi connectivity index (χ2n) is 8.42. The first-order valence-electron chi connectivity index (χ1n) is 11.1. The SMILES string of the molecule is CC(CCN=C=O)CC(C)(C)CN=C=O.O=C=NCCCCCCCCCCN=C=O. The van der Waals surface area contributed by atoms with Crippen molar-refractivity contribution in [1.29, 1.82) is 0 Å². The predicted molar refractivity (Wildman–Crippen MR) is 121 cm³/mol. The van der Waals surface area contributed by atoms with E-state index in [1.807, 2.05) is 0 Å². The summed E-state index contributed by atoms with van der Waals surface area (Å²) in [4.78, 5) is 53.5. The fourth-order valence-corrected chi connectivity index (χ4v) is 3.22. The zero-order valence-electron chi connectivity index (χ0n) is 19.4. The highest BCUT2D eigenvalue weighted by molar-refractivity contribution is 5.33. The molecule has 0 aliphatic heterocycles. The van der Waals surface area contributed by atoms with Gasteiger partial charge in [-0.15, -0.1) is 0 Å². The maximum Gasteiger partial charge on any atom is 0.234 e. The number of unbranched alkanes of at least 4 members (excludes halogenated alkanes) is 7. The van der Waals surface area contributed by atoms with Crippen molar-refractivity contribution in [2.24, 2.45) is 31.3 Å². The maximum atomic E-state index is 10.00. The predicted octanol–water partition coefficient (Wildman–Crippen LogP) is 4.88. The molecule has 0 aromatic carbocycles. The van der Waals surface area contributed by atoms with E-state index >= 15 is 0 Å². The van der Waals surface area contributed by atoms with Gasteiger partial charge in [0.2, 0.25) is 24.3 Å². The average molecular weight is 435 g/mol. The van der Waals surface area contributed by atoms with Crippen molar-refractivity contribution < 1.29 is 19.2 Å². The molecule has 31 heavy (non-hydrogen) atoms. The van der Waals surface area contributed by atoms with Gasteiger partial charge in [-0.3, -0.25) is 0 Å². The van der Waals surface area contributed by atoms with Crippen LogP contribution in [0.4, 0.5) is 0 Å². The number of hydrogen-bond acceptors (Lipinski definition) is 8. The Kier molecular flexibility index (Phi) is 23.6. The summed E-state index contributed by atoms with van der Waals surface area (Å²) in [6.45, 7) is 8.49. The van der Waals surface area contributed by atoms with Gasteiger partial charge in [0.05, 0.1) is 26.2 Å². The third-order valence-electron chi connectivity index (χ3n) is 4.69. The van der Waals surface area contributed by atoms with Gasteiger partial charge in [0.25, 0.3) is 0 Å². The monoisotopic (exact) mass is 434 g/mol. The summed E-state index contributed by atoms with van der Waals surface area (Å²) < 4.78 is 0. The van der Waals surface area contributed by atoms with Gasteiger partial charge in [-0.1, -0.05) is 59.3 Å². The van der Waals surface area contributed by atoms with E-state index in [4.69, 9.17) is 0 Å². The van der Waals surface area contributed by atoms with Crippen molar-refractivity contribution in [3.05, 3.63) is 0 Å². The Bertz CT molecular complexity index is 599. The molecular weight excluding hydrogens is 396 g/mol. The molecular formula is C23H38N4O4. The van der Waals surface area contributed by atoms with E-state index in [1.54, 1.807) is 18.2 Å². The molecule has 0 heterocycles. The zero-order chi connectivity index (χ0) is 23.6. The first-order valence-corrected chi connectivity index (χ1v) is 11.1. The second kappa shape index (κ2) is 23.8. The molecule has 1 atom stereocenters. The Hall–Kier alpha value is -2.48. The lowest BCUT2D eigenvalue weighted by molar-refractivity contribution is 0.280. The topological polar surface area (TPSA) is 118 Å². The molecule has 0 saturated heterocycles. The van der Waals surface area contributed by atoms with Crippen LogP contribution >= 0.6 is 0 Å². The van der Waals surface area contributed by atoms with E-state index in [-0.39, 0.29) is 5.41 Å². The smallest absolute Gasteiger partial charge is 0.211 e. The summed E-state index contributed by atoms with van der Waals surface area (Å²) in [6.07, 6.45) is 17.1. The third-order valence-corrected chi connectivity index (χ3v) is 4.69. The summed E-state index contributed by atoms with van der Waals surface area (Å²) in [5, 5.41) is 0. The van der Waals surface area contributed by atoms with E-state index in [0.717, 1.165) is 38.5 Å². The molecule has 0 amide bonds. The summed E-state index contributed by atoms with van der Waals surface area (Å²) in [5.41, 5.74) is 0.00171. The molecule has 0 aliphatic rings. The summed E-state index contributed by atoms with van der Waals surface area (Å²) in [7, 11) is 0. The molecule has 0 rings (SSSR count). The molecule has 1 unspecified atom stereocenters. The number of nitrogens with zero attached hydrogens (tertiary/aromatic N) is 4. The van der Waals surface area contributed by atoms with Gasteiger partial charge < -0.3 is 0 Å². The minimum absolute atomic E-state index is 0.00171. The molecule has 0 radical (unpaired) electrons. The third kappa shape index (κ3) is 27.5. The van der Waals surface area contributed by atoms with Crippen LogP contribution in [0.2, 0.25) is 0 Å².